The summed E-state index contributed by atoms with van der Waals surface area (Å²) in [6.07, 6.45) is 1.07. The summed E-state index contributed by atoms with van der Waals surface area (Å²) >= 11 is 0. The fourth-order valence-electron chi connectivity index (χ4n) is 0.534. The predicted molar refractivity (Wildman–Crippen MR) is 38.8 cm³/mol. The van der Waals surface area contributed by atoms with E-state index in [9.17, 15) is 0 Å². The lowest BCUT2D eigenvalue weighted by Gasteiger charge is -2.16. The first kappa shape index (κ1) is 8.92. The van der Waals surface area contributed by atoms with Crippen LogP contribution in [0.15, 0.2) is 0 Å². The Balaban J connectivity index is 3.09. The van der Waals surface area contributed by atoms with Crippen LogP contribution in [0.5, 0.6) is 0 Å². The van der Waals surface area contributed by atoms with E-state index in [4.69, 9.17) is 4.84 Å². The van der Waals surface area contributed by atoms with E-state index < -0.39 is 0 Å². The molecular formula is C7H16NO. The summed E-state index contributed by atoms with van der Waals surface area (Å²) in [5.74, 6) is 0. The molecule has 0 aliphatic rings. The van der Waals surface area contributed by atoms with Crippen LogP contribution >= 0.6 is 0 Å². The van der Waals surface area contributed by atoms with Crippen molar-refractivity contribution in [2.75, 3.05) is 19.7 Å². The molecule has 1 radical (unpaired) electrons. The standard InChI is InChI=1S/C7H16NO/c1-4-7-9-8(5-2)6-3/h2,4-7H2,1,3H3. The van der Waals surface area contributed by atoms with Crippen molar-refractivity contribution in [1.29, 1.82) is 0 Å². The van der Waals surface area contributed by atoms with Gasteiger partial charge in [-0.15, -0.1) is 0 Å². The van der Waals surface area contributed by atoms with E-state index in [1.807, 2.05) is 5.06 Å². The summed E-state index contributed by atoms with van der Waals surface area (Å²) in [6, 6.07) is 0. The molecule has 0 unspecified atom stereocenters. The zero-order chi connectivity index (χ0) is 7.11. The number of hydrogen-bond donors (Lipinski definition) is 0. The first-order valence-corrected chi connectivity index (χ1v) is 3.52. The third kappa shape index (κ3) is 4.43. The molecule has 2 heteroatoms. The lowest BCUT2D eigenvalue weighted by molar-refractivity contribution is -0.148. The van der Waals surface area contributed by atoms with Crippen LogP contribution < -0.4 is 0 Å². The van der Waals surface area contributed by atoms with E-state index >= 15 is 0 Å². The van der Waals surface area contributed by atoms with Crippen molar-refractivity contribution >= 4 is 0 Å². The molecule has 0 spiro atoms. The van der Waals surface area contributed by atoms with Gasteiger partial charge in [-0.1, -0.05) is 13.8 Å². The second-order valence-corrected chi connectivity index (χ2v) is 1.85. The Hall–Kier alpha value is -0.0800. The lowest BCUT2D eigenvalue weighted by Crippen LogP contribution is -2.23. The van der Waals surface area contributed by atoms with Gasteiger partial charge >= 0.3 is 0 Å². The highest BCUT2D eigenvalue weighted by Crippen LogP contribution is 1.89. The molecule has 9 heavy (non-hydrogen) atoms. The largest absolute Gasteiger partial charge is 0.299 e. The van der Waals surface area contributed by atoms with E-state index in [2.05, 4.69) is 20.8 Å². The average Bonchev–Trinajstić information content (AvgIpc) is 1.91. The molecule has 0 rings (SSSR count). The Bertz CT molecular complexity index is 52.9. The van der Waals surface area contributed by atoms with Gasteiger partial charge in [0.15, 0.2) is 0 Å². The predicted octanol–water partition coefficient (Wildman–Crippen LogP) is 1.48. The Morgan fingerprint density at radius 2 is 2.11 bits per heavy atom. The van der Waals surface area contributed by atoms with Crippen molar-refractivity contribution in [2.24, 2.45) is 0 Å². The zero-order valence-electron chi connectivity index (χ0n) is 6.39. The zero-order valence-corrected chi connectivity index (χ0v) is 6.39. The van der Waals surface area contributed by atoms with Crippen LogP contribution in [0.25, 0.3) is 0 Å². The highest BCUT2D eigenvalue weighted by molar-refractivity contribution is 4.42. The second kappa shape index (κ2) is 6.05. The molecule has 0 fully saturated rings. The van der Waals surface area contributed by atoms with Crippen molar-refractivity contribution in [3.63, 3.8) is 0 Å². The minimum absolute atomic E-state index is 0.733. The first-order valence-electron chi connectivity index (χ1n) is 3.52. The SMILES string of the molecule is [CH2]CN(CC)OCCC. The van der Waals surface area contributed by atoms with Crippen molar-refractivity contribution in [2.45, 2.75) is 20.3 Å². The highest BCUT2D eigenvalue weighted by atomic mass is 16.7. The highest BCUT2D eigenvalue weighted by Gasteiger charge is 1.94. The smallest absolute Gasteiger partial charge is 0.0682 e. The Morgan fingerprint density at radius 1 is 1.44 bits per heavy atom. The molecule has 0 bridgehead atoms. The van der Waals surface area contributed by atoms with Gasteiger partial charge in [-0.2, -0.15) is 5.06 Å². The topological polar surface area (TPSA) is 12.5 Å². The molecule has 0 amide bonds. The van der Waals surface area contributed by atoms with Crippen LogP contribution in [0.1, 0.15) is 20.3 Å². The van der Waals surface area contributed by atoms with Crippen LogP contribution in [-0.2, 0) is 4.84 Å². The monoisotopic (exact) mass is 130 g/mol. The summed E-state index contributed by atoms with van der Waals surface area (Å²) in [6.45, 7) is 10.3. The molecular weight excluding hydrogens is 114 g/mol. The molecule has 0 N–H and O–H groups in total. The van der Waals surface area contributed by atoms with E-state index in [-0.39, 0.29) is 0 Å². The van der Waals surface area contributed by atoms with Crippen molar-refractivity contribution in [1.82, 2.24) is 5.06 Å². The van der Waals surface area contributed by atoms with Gasteiger partial charge in [0, 0.05) is 13.1 Å². The summed E-state index contributed by atoms with van der Waals surface area (Å²) in [4.78, 5) is 5.26. The van der Waals surface area contributed by atoms with Gasteiger partial charge in [0.2, 0.25) is 0 Å². The summed E-state index contributed by atoms with van der Waals surface area (Å²) in [7, 11) is 0. The van der Waals surface area contributed by atoms with Crippen molar-refractivity contribution in [3.8, 4) is 0 Å². The molecule has 0 aromatic rings. The van der Waals surface area contributed by atoms with Crippen LogP contribution in [-0.4, -0.2) is 24.8 Å². The fraction of sp³-hybridized carbons (Fsp3) is 0.857. The van der Waals surface area contributed by atoms with Crippen LogP contribution in [0, 0.1) is 6.92 Å². The summed E-state index contributed by atoms with van der Waals surface area (Å²) < 4.78 is 0. The van der Waals surface area contributed by atoms with Gasteiger partial charge < -0.3 is 0 Å². The maximum Gasteiger partial charge on any atom is 0.0682 e. The van der Waals surface area contributed by atoms with Gasteiger partial charge in [-0.05, 0) is 13.3 Å². The van der Waals surface area contributed by atoms with Gasteiger partial charge in [0.05, 0.1) is 6.61 Å². The van der Waals surface area contributed by atoms with E-state index in [0.717, 1.165) is 26.1 Å². The van der Waals surface area contributed by atoms with Gasteiger partial charge in [0.1, 0.15) is 0 Å². The van der Waals surface area contributed by atoms with Crippen LogP contribution in [0.4, 0.5) is 0 Å². The molecule has 2 nitrogen and oxygen atoms in total. The maximum absolute atomic E-state index is 5.26. The minimum Gasteiger partial charge on any atom is -0.299 e. The molecule has 0 aromatic carbocycles. The van der Waals surface area contributed by atoms with Gasteiger partial charge in [0.25, 0.3) is 0 Å². The van der Waals surface area contributed by atoms with E-state index in [1.54, 1.807) is 0 Å². The molecule has 0 saturated heterocycles. The molecule has 55 valence electrons. The first-order chi connectivity index (χ1) is 4.35. The summed E-state index contributed by atoms with van der Waals surface area (Å²) in [5, 5.41) is 1.85. The Labute approximate surface area is 57.8 Å². The van der Waals surface area contributed by atoms with Crippen LogP contribution in [0.3, 0.4) is 0 Å². The van der Waals surface area contributed by atoms with Gasteiger partial charge in [-0.3, -0.25) is 4.84 Å². The molecule has 0 aliphatic heterocycles. The van der Waals surface area contributed by atoms with Crippen molar-refractivity contribution in [3.05, 3.63) is 6.92 Å². The number of hydroxylamine groups is 2. The Morgan fingerprint density at radius 3 is 2.44 bits per heavy atom. The lowest BCUT2D eigenvalue weighted by atomic mass is 10.5. The van der Waals surface area contributed by atoms with E-state index in [0.29, 0.717) is 0 Å². The van der Waals surface area contributed by atoms with Gasteiger partial charge in [-0.25, -0.2) is 0 Å². The number of rotatable bonds is 5. The third-order valence-electron chi connectivity index (χ3n) is 1.08. The number of hydrogen-bond acceptors (Lipinski definition) is 2. The minimum atomic E-state index is 0.733. The van der Waals surface area contributed by atoms with Crippen molar-refractivity contribution < 1.29 is 4.84 Å². The number of nitrogens with zero attached hydrogens (tertiary/aromatic N) is 1. The van der Waals surface area contributed by atoms with E-state index in [1.165, 1.54) is 0 Å². The molecule has 0 aromatic heterocycles. The summed E-state index contributed by atoms with van der Waals surface area (Å²) in [5.41, 5.74) is 0. The molecule has 0 saturated carbocycles. The fourth-order valence-corrected chi connectivity index (χ4v) is 0.534. The Kier molecular flexibility index (Phi) is 5.99. The quantitative estimate of drug-likeness (QED) is 0.523. The maximum atomic E-state index is 5.26. The average molecular weight is 130 g/mol. The third-order valence-corrected chi connectivity index (χ3v) is 1.08. The van der Waals surface area contributed by atoms with Crippen LogP contribution in [0.2, 0.25) is 0 Å². The second-order valence-electron chi connectivity index (χ2n) is 1.85. The molecule has 0 atom stereocenters. The molecule has 0 heterocycles. The molecule has 0 aliphatic carbocycles. The normalized spacial score (nSPS) is 10.7.